The first-order chi connectivity index (χ1) is 7.70. The van der Waals surface area contributed by atoms with Gasteiger partial charge in [-0.2, -0.15) is 0 Å². The standard InChI is InChI=1S/C12H19NO3/c14-11(13-7-3-4-8-13)9-5-1-2-6-10(9)12(15)16/h9-10H,1-8H2,(H,15,16)/t9-,10+/m0/s1. The molecule has 2 rings (SSSR count). The summed E-state index contributed by atoms with van der Waals surface area (Å²) in [5.74, 6) is -1.41. The molecule has 2 atom stereocenters. The predicted molar refractivity (Wildman–Crippen MR) is 58.9 cm³/mol. The Hall–Kier alpha value is -1.06. The lowest BCUT2D eigenvalue weighted by Gasteiger charge is -2.30. The molecule has 1 saturated heterocycles. The van der Waals surface area contributed by atoms with E-state index in [9.17, 15) is 9.59 Å². The van der Waals surface area contributed by atoms with Crippen LogP contribution < -0.4 is 0 Å². The summed E-state index contributed by atoms with van der Waals surface area (Å²) in [7, 11) is 0. The van der Waals surface area contributed by atoms with Crippen molar-refractivity contribution in [1.82, 2.24) is 4.90 Å². The van der Waals surface area contributed by atoms with Gasteiger partial charge < -0.3 is 10.0 Å². The van der Waals surface area contributed by atoms with E-state index in [1.165, 1.54) is 0 Å². The molecule has 0 bridgehead atoms. The van der Waals surface area contributed by atoms with Crippen LogP contribution >= 0.6 is 0 Å². The van der Waals surface area contributed by atoms with Gasteiger partial charge in [0.25, 0.3) is 0 Å². The maximum atomic E-state index is 12.2. The van der Waals surface area contributed by atoms with Gasteiger partial charge in [-0.3, -0.25) is 9.59 Å². The maximum Gasteiger partial charge on any atom is 0.307 e. The lowest BCUT2D eigenvalue weighted by Crippen LogP contribution is -2.41. The number of hydrogen-bond acceptors (Lipinski definition) is 2. The minimum atomic E-state index is -0.794. The van der Waals surface area contributed by atoms with Crippen LogP contribution in [0.15, 0.2) is 0 Å². The summed E-state index contributed by atoms with van der Waals surface area (Å²) in [6.07, 6.45) is 5.49. The van der Waals surface area contributed by atoms with Crippen molar-refractivity contribution in [2.24, 2.45) is 11.8 Å². The van der Waals surface area contributed by atoms with E-state index in [4.69, 9.17) is 5.11 Å². The molecule has 1 aliphatic heterocycles. The van der Waals surface area contributed by atoms with Gasteiger partial charge in [-0.15, -0.1) is 0 Å². The molecule has 4 heteroatoms. The van der Waals surface area contributed by atoms with Crippen molar-refractivity contribution in [3.63, 3.8) is 0 Å². The number of likely N-dealkylation sites (tertiary alicyclic amines) is 1. The zero-order valence-electron chi connectivity index (χ0n) is 9.52. The van der Waals surface area contributed by atoms with Crippen LogP contribution in [0.1, 0.15) is 38.5 Å². The van der Waals surface area contributed by atoms with E-state index >= 15 is 0 Å². The smallest absolute Gasteiger partial charge is 0.307 e. The second-order valence-corrected chi connectivity index (χ2v) is 4.87. The van der Waals surface area contributed by atoms with Gasteiger partial charge in [0.15, 0.2) is 0 Å². The van der Waals surface area contributed by atoms with Crippen LogP contribution in [-0.4, -0.2) is 35.0 Å². The number of aliphatic carboxylic acids is 1. The second kappa shape index (κ2) is 4.85. The molecule has 0 unspecified atom stereocenters. The molecule has 0 aromatic rings. The summed E-state index contributed by atoms with van der Waals surface area (Å²) in [5, 5.41) is 9.13. The Bertz CT molecular complexity index is 284. The highest BCUT2D eigenvalue weighted by Crippen LogP contribution is 2.32. The van der Waals surface area contributed by atoms with Crippen LogP contribution in [0, 0.1) is 11.8 Å². The van der Waals surface area contributed by atoms with Gasteiger partial charge in [0.1, 0.15) is 0 Å². The Labute approximate surface area is 95.6 Å². The third-order valence-corrected chi connectivity index (χ3v) is 3.82. The van der Waals surface area contributed by atoms with Crippen molar-refractivity contribution in [1.29, 1.82) is 0 Å². The van der Waals surface area contributed by atoms with Gasteiger partial charge in [-0.25, -0.2) is 0 Å². The lowest BCUT2D eigenvalue weighted by molar-refractivity contribution is -0.151. The van der Waals surface area contributed by atoms with Crippen LogP contribution in [0.3, 0.4) is 0 Å². The molecular weight excluding hydrogens is 206 g/mol. The Morgan fingerprint density at radius 1 is 0.938 bits per heavy atom. The Morgan fingerprint density at radius 3 is 2.06 bits per heavy atom. The first-order valence-corrected chi connectivity index (χ1v) is 6.22. The third-order valence-electron chi connectivity index (χ3n) is 3.82. The van der Waals surface area contributed by atoms with Crippen LogP contribution in [0.25, 0.3) is 0 Å². The highest BCUT2D eigenvalue weighted by molar-refractivity contribution is 5.85. The molecule has 0 radical (unpaired) electrons. The molecule has 0 aromatic heterocycles. The van der Waals surface area contributed by atoms with E-state index in [1.807, 2.05) is 4.90 Å². The van der Waals surface area contributed by atoms with E-state index in [2.05, 4.69) is 0 Å². The molecule has 0 aromatic carbocycles. The summed E-state index contributed by atoms with van der Waals surface area (Å²) in [5.41, 5.74) is 0. The minimum absolute atomic E-state index is 0.0876. The highest BCUT2D eigenvalue weighted by atomic mass is 16.4. The molecule has 1 heterocycles. The zero-order chi connectivity index (χ0) is 11.5. The fourth-order valence-corrected chi connectivity index (χ4v) is 2.89. The van der Waals surface area contributed by atoms with Gasteiger partial charge in [0.05, 0.1) is 11.8 Å². The SMILES string of the molecule is O=C(O)[C@@H]1CCCC[C@@H]1C(=O)N1CCCC1. The molecule has 0 spiro atoms. The monoisotopic (exact) mass is 225 g/mol. The molecule has 90 valence electrons. The van der Waals surface area contributed by atoms with Crippen molar-refractivity contribution in [2.45, 2.75) is 38.5 Å². The van der Waals surface area contributed by atoms with Crippen LogP contribution in [0.4, 0.5) is 0 Å². The molecule has 1 amide bonds. The van der Waals surface area contributed by atoms with E-state index < -0.39 is 11.9 Å². The fourth-order valence-electron chi connectivity index (χ4n) is 2.89. The first kappa shape index (κ1) is 11.4. The molecule has 2 aliphatic rings. The second-order valence-electron chi connectivity index (χ2n) is 4.87. The Kier molecular flexibility index (Phi) is 3.46. The average molecular weight is 225 g/mol. The molecule has 2 fully saturated rings. The quantitative estimate of drug-likeness (QED) is 0.774. The van der Waals surface area contributed by atoms with Gasteiger partial charge in [-0.1, -0.05) is 12.8 Å². The van der Waals surface area contributed by atoms with E-state index in [0.29, 0.717) is 6.42 Å². The topological polar surface area (TPSA) is 57.6 Å². The summed E-state index contributed by atoms with van der Waals surface area (Å²) >= 11 is 0. The third kappa shape index (κ3) is 2.20. The van der Waals surface area contributed by atoms with E-state index in [0.717, 1.165) is 45.2 Å². The van der Waals surface area contributed by atoms with Crippen molar-refractivity contribution in [3.05, 3.63) is 0 Å². The number of carbonyl (C=O) groups is 2. The Morgan fingerprint density at radius 2 is 1.50 bits per heavy atom. The largest absolute Gasteiger partial charge is 0.481 e. The first-order valence-electron chi connectivity index (χ1n) is 6.22. The highest BCUT2D eigenvalue weighted by Gasteiger charge is 2.38. The fraction of sp³-hybridized carbons (Fsp3) is 0.833. The Balaban J connectivity index is 2.04. The number of carboxylic acids is 1. The van der Waals surface area contributed by atoms with Gasteiger partial charge in [0, 0.05) is 13.1 Å². The van der Waals surface area contributed by atoms with Gasteiger partial charge >= 0.3 is 5.97 Å². The van der Waals surface area contributed by atoms with Crippen LogP contribution in [-0.2, 0) is 9.59 Å². The van der Waals surface area contributed by atoms with Crippen molar-refractivity contribution in [3.8, 4) is 0 Å². The molecule has 16 heavy (non-hydrogen) atoms. The molecule has 1 saturated carbocycles. The summed E-state index contributed by atoms with van der Waals surface area (Å²) in [6, 6.07) is 0. The van der Waals surface area contributed by atoms with E-state index in [1.54, 1.807) is 0 Å². The average Bonchev–Trinajstić information content (AvgIpc) is 2.81. The van der Waals surface area contributed by atoms with E-state index in [-0.39, 0.29) is 11.8 Å². The van der Waals surface area contributed by atoms with Crippen LogP contribution in [0.5, 0.6) is 0 Å². The number of nitrogens with zero attached hydrogens (tertiary/aromatic N) is 1. The number of amides is 1. The maximum absolute atomic E-state index is 12.2. The van der Waals surface area contributed by atoms with Crippen LogP contribution in [0.2, 0.25) is 0 Å². The summed E-state index contributed by atoms with van der Waals surface area (Å²) in [6.45, 7) is 1.64. The van der Waals surface area contributed by atoms with Crippen molar-refractivity contribution < 1.29 is 14.7 Å². The summed E-state index contributed by atoms with van der Waals surface area (Å²) < 4.78 is 0. The lowest BCUT2D eigenvalue weighted by atomic mass is 9.78. The number of carboxylic acid groups (broad SMARTS) is 1. The van der Waals surface area contributed by atoms with Gasteiger partial charge in [-0.05, 0) is 25.7 Å². The predicted octanol–water partition coefficient (Wildman–Crippen LogP) is 1.50. The molecule has 1 aliphatic carbocycles. The van der Waals surface area contributed by atoms with Crippen molar-refractivity contribution >= 4 is 11.9 Å². The van der Waals surface area contributed by atoms with Crippen molar-refractivity contribution in [2.75, 3.05) is 13.1 Å². The number of rotatable bonds is 2. The molecule has 1 N–H and O–H groups in total. The summed E-state index contributed by atoms with van der Waals surface area (Å²) in [4.78, 5) is 25.1. The molecule has 4 nitrogen and oxygen atoms in total. The number of carbonyl (C=O) groups excluding carboxylic acids is 1. The number of hydrogen-bond donors (Lipinski definition) is 1. The minimum Gasteiger partial charge on any atom is -0.481 e. The normalized spacial score (nSPS) is 30.4. The zero-order valence-corrected chi connectivity index (χ0v) is 9.52. The molecular formula is C12H19NO3. The van der Waals surface area contributed by atoms with Gasteiger partial charge in [0.2, 0.25) is 5.91 Å².